The molecule has 0 aliphatic carbocycles. The van der Waals surface area contributed by atoms with Gasteiger partial charge in [0.1, 0.15) is 0 Å². The fourth-order valence-corrected chi connectivity index (χ4v) is 0. The second kappa shape index (κ2) is 15.8. The molecule has 7 heavy (non-hydrogen) atoms. The van der Waals surface area contributed by atoms with Crippen molar-refractivity contribution in [3.63, 3.8) is 0 Å². The van der Waals surface area contributed by atoms with Gasteiger partial charge in [0.15, 0.2) is 0 Å². The van der Waals surface area contributed by atoms with E-state index in [1.807, 2.05) is 0 Å². The minimum atomic E-state index is -0.833. The molecule has 0 atom stereocenters. The van der Waals surface area contributed by atoms with Crippen LogP contribution >= 0.6 is 0 Å². The van der Waals surface area contributed by atoms with Crippen LogP contribution in [0.3, 0.4) is 0 Å². The van der Waals surface area contributed by atoms with Crippen LogP contribution in [0.1, 0.15) is 12.6 Å². The molecule has 3 N–H and O–H groups in total. The minimum absolute atomic E-state index is 0. The number of hydrogen-bond donors (Lipinski definition) is 1. The van der Waals surface area contributed by atoms with E-state index >= 15 is 0 Å². The van der Waals surface area contributed by atoms with E-state index in [4.69, 9.17) is 9.90 Å². The number of rotatable bonds is 0. The first kappa shape index (κ1) is 24.6. The van der Waals surface area contributed by atoms with Gasteiger partial charge in [0.2, 0.25) is 0 Å². The number of carboxylic acid groups (broad SMARTS) is 1. The summed E-state index contributed by atoms with van der Waals surface area (Å²) in [5.41, 5.74) is 0. The zero-order chi connectivity index (χ0) is 3.58. The molecule has 0 radical (unpaired) electrons. The second-order valence-corrected chi connectivity index (χ2v) is 0.519. The van der Waals surface area contributed by atoms with Gasteiger partial charge in [-0.3, -0.25) is 4.79 Å². The van der Waals surface area contributed by atoms with Crippen molar-refractivity contribution in [2.75, 3.05) is 0 Å². The molecule has 3 nitrogen and oxygen atoms in total. The van der Waals surface area contributed by atoms with Crippen molar-refractivity contribution in [1.82, 2.24) is 0 Å². The molecule has 40 valence electrons. The second-order valence-electron chi connectivity index (χ2n) is 0.519. The molecule has 0 saturated carbocycles. The van der Waals surface area contributed by atoms with Crippen LogP contribution in [0.2, 0.25) is 0 Å². The number of carboxylic acids is 1. The summed E-state index contributed by atoms with van der Waals surface area (Å²) in [4.78, 5) is 9.00. The van der Waals surface area contributed by atoms with Gasteiger partial charge in [0.05, 0.1) is 0 Å². The van der Waals surface area contributed by atoms with Crippen molar-refractivity contribution >= 4 is 52.1 Å². The third-order valence-corrected chi connectivity index (χ3v) is 0. The standard InChI is InChI=1S/C2H4O2.2Mg.H2O.4H/c1-2(3)4;;;;;;;/h1H3,(H,3,4);;;1H2;;;;/q;2*+2;;4*-1. The van der Waals surface area contributed by atoms with E-state index in [2.05, 4.69) is 0 Å². The molecule has 0 spiro atoms. The molecule has 0 saturated heterocycles. The molecular weight excluding hydrogens is 121 g/mol. The number of hydrogen-bond acceptors (Lipinski definition) is 1. The summed E-state index contributed by atoms with van der Waals surface area (Å²) in [6.45, 7) is 1.08. The fraction of sp³-hybridized carbons (Fsp3) is 0.500. The van der Waals surface area contributed by atoms with Crippen LogP contribution in [0.5, 0.6) is 0 Å². The zero-order valence-corrected chi connectivity index (χ0v) is 7.10. The minimum Gasteiger partial charge on any atom is -1.00 e. The maximum Gasteiger partial charge on any atom is 2.00 e. The van der Waals surface area contributed by atoms with Gasteiger partial charge in [-0.2, -0.15) is 0 Å². The number of carbonyl (C=O) groups is 1. The van der Waals surface area contributed by atoms with Crippen molar-refractivity contribution in [2.45, 2.75) is 6.92 Å². The van der Waals surface area contributed by atoms with Gasteiger partial charge in [0, 0.05) is 6.92 Å². The molecule has 0 aliphatic rings. The smallest absolute Gasteiger partial charge is 1.00 e. The molecule has 5 heteroatoms. The predicted octanol–water partition coefficient (Wildman–Crippen LogP) is -1.05. The summed E-state index contributed by atoms with van der Waals surface area (Å²) in [7, 11) is 0. The Labute approximate surface area is 80.0 Å². The average molecular weight is 131 g/mol. The van der Waals surface area contributed by atoms with Crippen molar-refractivity contribution < 1.29 is 21.1 Å². The average Bonchev–Trinajstić information content (AvgIpc) is 0.811. The van der Waals surface area contributed by atoms with Gasteiger partial charge >= 0.3 is 46.1 Å². The summed E-state index contributed by atoms with van der Waals surface area (Å²) in [5.74, 6) is -0.833. The summed E-state index contributed by atoms with van der Waals surface area (Å²) >= 11 is 0. The van der Waals surface area contributed by atoms with E-state index in [9.17, 15) is 0 Å². The molecule has 0 unspecified atom stereocenters. The molecule has 0 aromatic rings. The SMILES string of the molecule is CC(=O)O.O.[H-].[H-].[H-].[H-].[Mg+2].[Mg+2]. The topological polar surface area (TPSA) is 68.8 Å². The molecule has 0 bridgehead atoms. The van der Waals surface area contributed by atoms with E-state index in [1.165, 1.54) is 0 Å². The molecule has 0 amide bonds. The van der Waals surface area contributed by atoms with Gasteiger partial charge in [-0.15, -0.1) is 0 Å². The molecule has 0 aromatic carbocycles. The normalized spacial score (nSPS) is 3.57. The molecule has 0 fully saturated rings. The van der Waals surface area contributed by atoms with E-state index < -0.39 is 5.97 Å². The molecule has 0 aliphatic heterocycles. The Morgan fingerprint density at radius 1 is 1.57 bits per heavy atom. The first-order valence-electron chi connectivity index (χ1n) is 0.928. The summed E-state index contributed by atoms with van der Waals surface area (Å²) in [5, 5.41) is 7.42. The third kappa shape index (κ3) is 185. The Bertz CT molecular complexity index is 44.3. The molecule has 0 aromatic heterocycles. The van der Waals surface area contributed by atoms with Crippen LogP contribution in [-0.2, 0) is 4.79 Å². The molecule has 0 rings (SSSR count). The van der Waals surface area contributed by atoms with E-state index in [1.54, 1.807) is 0 Å². The van der Waals surface area contributed by atoms with Crippen LogP contribution in [0.25, 0.3) is 0 Å². The quantitative estimate of drug-likeness (QED) is 0.426. The Morgan fingerprint density at radius 2 is 1.57 bits per heavy atom. The first-order chi connectivity index (χ1) is 1.73. The predicted molar refractivity (Wildman–Crippen MR) is 32.9 cm³/mol. The first-order valence-corrected chi connectivity index (χ1v) is 0.928. The monoisotopic (exact) mass is 130 g/mol. The number of aliphatic carboxylic acids is 1. The van der Waals surface area contributed by atoms with Gasteiger partial charge in [-0.1, -0.05) is 0 Å². The van der Waals surface area contributed by atoms with Crippen LogP contribution in [0, 0.1) is 0 Å². The van der Waals surface area contributed by atoms with Crippen LogP contribution < -0.4 is 0 Å². The van der Waals surface area contributed by atoms with E-state index in [0.717, 1.165) is 6.92 Å². The Hall–Kier alpha value is 0.962. The maximum atomic E-state index is 9.00. The Morgan fingerprint density at radius 3 is 1.57 bits per heavy atom. The maximum absolute atomic E-state index is 9.00. The van der Waals surface area contributed by atoms with Crippen LogP contribution in [-0.4, -0.2) is 62.7 Å². The zero-order valence-electron chi connectivity index (χ0n) is 8.27. The van der Waals surface area contributed by atoms with Crippen molar-refractivity contribution in [3.05, 3.63) is 0 Å². The van der Waals surface area contributed by atoms with Gasteiger partial charge in [-0.25, -0.2) is 0 Å². The fourth-order valence-electron chi connectivity index (χ4n) is 0. The summed E-state index contributed by atoms with van der Waals surface area (Å²) in [6.07, 6.45) is 0. The van der Waals surface area contributed by atoms with Crippen LogP contribution in [0.15, 0.2) is 0 Å². The largest absolute Gasteiger partial charge is 2.00 e. The van der Waals surface area contributed by atoms with Crippen LogP contribution in [0.4, 0.5) is 0 Å². The van der Waals surface area contributed by atoms with Crippen molar-refractivity contribution in [2.24, 2.45) is 0 Å². The van der Waals surface area contributed by atoms with E-state index in [0.29, 0.717) is 0 Å². The molecule has 0 heterocycles. The molecular formula is C2H10Mg2O3. The third-order valence-electron chi connectivity index (χ3n) is 0. The Kier molecular flexibility index (Phi) is 55.4. The van der Waals surface area contributed by atoms with Gasteiger partial charge in [0.25, 0.3) is 5.97 Å². The van der Waals surface area contributed by atoms with Crippen molar-refractivity contribution in [3.8, 4) is 0 Å². The Balaban J connectivity index is -0.00000000214. The van der Waals surface area contributed by atoms with Gasteiger partial charge < -0.3 is 16.3 Å². The van der Waals surface area contributed by atoms with E-state index in [-0.39, 0.29) is 57.3 Å². The summed E-state index contributed by atoms with van der Waals surface area (Å²) in [6, 6.07) is 0. The van der Waals surface area contributed by atoms with Gasteiger partial charge in [-0.05, 0) is 0 Å². The van der Waals surface area contributed by atoms with Crippen molar-refractivity contribution in [1.29, 1.82) is 0 Å². The summed E-state index contributed by atoms with van der Waals surface area (Å²) < 4.78 is 0.